The van der Waals surface area contributed by atoms with Crippen molar-refractivity contribution in [3.05, 3.63) is 35.1 Å². The molecule has 0 bridgehead atoms. The van der Waals surface area contributed by atoms with Crippen LogP contribution < -0.4 is 4.74 Å². The molecule has 1 fully saturated rings. The molecule has 0 saturated heterocycles. The van der Waals surface area contributed by atoms with Gasteiger partial charge in [-0.3, -0.25) is 0 Å². The second kappa shape index (κ2) is 7.35. The zero-order chi connectivity index (χ0) is 22.8. The van der Waals surface area contributed by atoms with Gasteiger partial charge in [0.2, 0.25) is 0 Å². The van der Waals surface area contributed by atoms with Crippen molar-refractivity contribution in [3.63, 3.8) is 0 Å². The maximum Gasteiger partial charge on any atom is 0.534 e. The average Bonchev–Trinajstić information content (AvgIpc) is 3.02. The van der Waals surface area contributed by atoms with Gasteiger partial charge < -0.3 is 13.4 Å². The van der Waals surface area contributed by atoms with Crippen LogP contribution in [-0.4, -0.2) is 27.1 Å². The summed E-state index contributed by atoms with van der Waals surface area (Å²) in [6.07, 6.45) is 2.83. The van der Waals surface area contributed by atoms with Crippen LogP contribution in [0.2, 0.25) is 0 Å². The van der Waals surface area contributed by atoms with Crippen LogP contribution in [0.1, 0.15) is 50.7 Å². The van der Waals surface area contributed by atoms with Gasteiger partial charge in [0.25, 0.3) is 0 Å². The van der Waals surface area contributed by atoms with Crippen LogP contribution in [0.15, 0.2) is 24.0 Å². The highest BCUT2D eigenvalue weighted by molar-refractivity contribution is 7.87. The normalized spacial score (nSPS) is 32.9. The molecule has 5 nitrogen and oxygen atoms in total. The number of allylic oxidation sites excluding steroid dienone is 2. The molecule has 0 heterocycles. The molecule has 3 aliphatic rings. The molecule has 172 valence electrons. The summed E-state index contributed by atoms with van der Waals surface area (Å²) >= 11 is 0. The SMILES string of the molecule is COc1ccc2c(c1)CC[C@]1(C)C2=C(OS(=O)(=O)C(F)(F)F)C[C@]2(C)[C@@H](OP)CC[C@H]21. The van der Waals surface area contributed by atoms with E-state index < -0.39 is 26.5 Å². The summed E-state index contributed by atoms with van der Waals surface area (Å²) in [5, 5.41) is 0. The Balaban J connectivity index is 1.95. The number of halogens is 3. The summed E-state index contributed by atoms with van der Waals surface area (Å²) in [7, 11) is -2.00. The van der Waals surface area contributed by atoms with Crippen LogP contribution in [-0.2, 0) is 25.2 Å². The third-order valence-corrected chi connectivity index (χ3v) is 8.88. The summed E-state index contributed by atoms with van der Waals surface area (Å²) < 4.78 is 79.5. The monoisotopic (exact) mass is 478 g/mol. The number of rotatable bonds is 4. The second-order valence-electron chi connectivity index (χ2n) is 9.16. The Morgan fingerprint density at radius 2 is 1.90 bits per heavy atom. The molecule has 1 saturated carbocycles. The van der Waals surface area contributed by atoms with Crippen LogP contribution in [0, 0.1) is 16.7 Å². The van der Waals surface area contributed by atoms with Crippen LogP contribution in [0.25, 0.3) is 5.57 Å². The van der Waals surface area contributed by atoms with E-state index in [1.54, 1.807) is 19.2 Å². The van der Waals surface area contributed by atoms with E-state index in [1.165, 1.54) is 0 Å². The predicted octanol–water partition coefficient (Wildman–Crippen LogP) is 5.22. The summed E-state index contributed by atoms with van der Waals surface area (Å²) in [6, 6.07) is 5.39. The number of alkyl halides is 3. The highest BCUT2D eigenvalue weighted by Crippen LogP contribution is 2.67. The Kier molecular flexibility index (Phi) is 5.43. The Hall–Kier alpha value is -1.31. The van der Waals surface area contributed by atoms with Crippen LogP contribution >= 0.6 is 9.47 Å². The molecule has 0 radical (unpaired) electrons. The van der Waals surface area contributed by atoms with Crippen molar-refractivity contribution in [2.45, 2.75) is 57.6 Å². The Labute approximate surface area is 182 Å². The Morgan fingerprint density at radius 3 is 2.52 bits per heavy atom. The second-order valence-corrected chi connectivity index (χ2v) is 11.0. The lowest BCUT2D eigenvalue weighted by molar-refractivity contribution is -0.0540. The minimum absolute atomic E-state index is 0.0580. The smallest absolute Gasteiger partial charge is 0.497 e. The first-order chi connectivity index (χ1) is 14.4. The van der Waals surface area contributed by atoms with Crippen molar-refractivity contribution in [1.82, 2.24) is 0 Å². The van der Waals surface area contributed by atoms with Gasteiger partial charge in [-0.2, -0.15) is 21.6 Å². The van der Waals surface area contributed by atoms with Crippen molar-refractivity contribution >= 4 is 25.2 Å². The van der Waals surface area contributed by atoms with Crippen LogP contribution in [0.3, 0.4) is 0 Å². The van der Waals surface area contributed by atoms with Gasteiger partial charge in [0, 0.05) is 32.3 Å². The molecule has 1 aromatic rings. The summed E-state index contributed by atoms with van der Waals surface area (Å²) in [4.78, 5) is 0. The van der Waals surface area contributed by atoms with E-state index in [1.807, 2.05) is 19.9 Å². The summed E-state index contributed by atoms with van der Waals surface area (Å²) in [6.45, 7) is 3.99. The first-order valence-electron chi connectivity index (χ1n) is 10.1. The lowest BCUT2D eigenvalue weighted by Crippen LogP contribution is -2.48. The van der Waals surface area contributed by atoms with Crippen molar-refractivity contribution in [3.8, 4) is 5.75 Å². The first-order valence-corrected chi connectivity index (χ1v) is 12.0. The fourth-order valence-corrected chi connectivity index (χ4v) is 7.13. The number of hydrogen-bond donors (Lipinski definition) is 0. The van der Waals surface area contributed by atoms with Crippen LogP contribution in [0.5, 0.6) is 5.75 Å². The predicted molar refractivity (Wildman–Crippen MR) is 112 cm³/mol. The van der Waals surface area contributed by atoms with E-state index in [0.29, 0.717) is 24.2 Å². The van der Waals surface area contributed by atoms with E-state index in [2.05, 4.69) is 9.47 Å². The third kappa shape index (κ3) is 3.39. The number of ether oxygens (including phenoxy) is 1. The van der Waals surface area contributed by atoms with Gasteiger partial charge in [-0.25, -0.2) is 0 Å². The first kappa shape index (κ1) is 22.9. The third-order valence-electron chi connectivity index (χ3n) is 7.56. The van der Waals surface area contributed by atoms with Crippen LogP contribution in [0.4, 0.5) is 13.2 Å². The van der Waals surface area contributed by atoms with Gasteiger partial charge in [-0.1, -0.05) is 19.9 Å². The molecule has 4 rings (SSSR count). The molecule has 3 aliphatic carbocycles. The maximum absolute atomic E-state index is 13.2. The molecular formula is C21H26F3O5PS. The molecular weight excluding hydrogens is 452 g/mol. The molecule has 1 unspecified atom stereocenters. The van der Waals surface area contributed by atoms with Gasteiger partial charge in [0.1, 0.15) is 11.5 Å². The molecule has 5 atom stereocenters. The number of benzene rings is 1. The molecule has 0 amide bonds. The van der Waals surface area contributed by atoms with Gasteiger partial charge in [-0.05, 0) is 54.9 Å². The zero-order valence-corrected chi connectivity index (χ0v) is 19.6. The lowest BCUT2D eigenvalue weighted by Gasteiger charge is -2.53. The summed E-state index contributed by atoms with van der Waals surface area (Å²) in [5.74, 6) is 0.640. The lowest BCUT2D eigenvalue weighted by atomic mass is 9.51. The average molecular weight is 478 g/mol. The van der Waals surface area contributed by atoms with E-state index in [4.69, 9.17) is 13.4 Å². The minimum Gasteiger partial charge on any atom is -0.497 e. The topological polar surface area (TPSA) is 61.8 Å². The largest absolute Gasteiger partial charge is 0.534 e. The summed E-state index contributed by atoms with van der Waals surface area (Å²) in [5.41, 5.74) is -4.37. The van der Waals surface area contributed by atoms with E-state index in [-0.39, 0.29) is 24.2 Å². The van der Waals surface area contributed by atoms with E-state index in [0.717, 1.165) is 24.0 Å². The van der Waals surface area contributed by atoms with Crippen molar-refractivity contribution in [1.29, 1.82) is 0 Å². The van der Waals surface area contributed by atoms with Gasteiger partial charge >= 0.3 is 15.6 Å². The van der Waals surface area contributed by atoms with E-state index in [9.17, 15) is 21.6 Å². The molecule has 31 heavy (non-hydrogen) atoms. The molecule has 0 spiro atoms. The van der Waals surface area contributed by atoms with E-state index >= 15 is 0 Å². The molecule has 10 heteroatoms. The number of hydrogen-bond acceptors (Lipinski definition) is 5. The quantitative estimate of drug-likeness (QED) is 0.337. The molecule has 0 N–H and O–H groups in total. The van der Waals surface area contributed by atoms with Gasteiger partial charge in [-0.15, -0.1) is 0 Å². The van der Waals surface area contributed by atoms with Gasteiger partial charge in [0.15, 0.2) is 0 Å². The fourth-order valence-electron chi connectivity index (χ4n) is 6.19. The number of fused-ring (bicyclic) bond motifs is 5. The number of methoxy groups -OCH3 is 1. The van der Waals surface area contributed by atoms with Gasteiger partial charge in [0.05, 0.1) is 13.2 Å². The molecule has 0 aromatic heterocycles. The molecule has 1 aromatic carbocycles. The zero-order valence-electron chi connectivity index (χ0n) is 17.6. The Bertz CT molecular complexity index is 1040. The minimum atomic E-state index is -5.80. The maximum atomic E-state index is 13.2. The standard InChI is InChI=1S/C21H26F3O5PS/c1-19-9-8-12-10-13(27-3)4-5-14(12)18(19)15(29-31(25,26)21(22,23)24)11-20(2)16(19)6-7-17(20)28-30/h4-5,10,16-17H,6-9,11,30H2,1-3H3/t16-,17-,19-,20-/m0/s1. The highest BCUT2D eigenvalue weighted by Gasteiger charge is 2.61. The van der Waals surface area contributed by atoms with Crippen molar-refractivity contribution < 1.29 is 35.0 Å². The number of aryl methyl sites for hydroxylation is 1. The fraction of sp³-hybridized carbons (Fsp3) is 0.619. The van der Waals surface area contributed by atoms with Crippen molar-refractivity contribution in [2.24, 2.45) is 16.7 Å². The molecule has 0 aliphatic heterocycles. The Morgan fingerprint density at radius 1 is 1.19 bits per heavy atom. The van der Waals surface area contributed by atoms with Crippen molar-refractivity contribution in [2.75, 3.05) is 7.11 Å². The highest BCUT2D eigenvalue weighted by atomic mass is 32.2.